The number of benzene rings is 1. The summed E-state index contributed by atoms with van der Waals surface area (Å²) in [6.07, 6.45) is 0.102. The lowest BCUT2D eigenvalue weighted by molar-refractivity contribution is -0.141. The molecule has 1 aromatic rings. The van der Waals surface area contributed by atoms with Gasteiger partial charge in [0.05, 0.1) is 25.0 Å². The molecule has 1 heterocycles. The number of carbonyl (C=O) groups is 3. The van der Waals surface area contributed by atoms with Gasteiger partial charge in [-0.15, -0.1) is 11.8 Å². The Balaban J connectivity index is 1.96. The maximum atomic E-state index is 11.7. The van der Waals surface area contributed by atoms with Crippen LogP contribution in [0.4, 0.5) is 11.4 Å². The van der Waals surface area contributed by atoms with Gasteiger partial charge in [0.15, 0.2) is 0 Å². The number of amides is 2. The van der Waals surface area contributed by atoms with Crippen molar-refractivity contribution in [2.75, 3.05) is 23.5 Å². The van der Waals surface area contributed by atoms with E-state index >= 15 is 0 Å². The van der Waals surface area contributed by atoms with Gasteiger partial charge in [-0.25, -0.2) is 0 Å². The van der Waals surface area contributed by atoms with E-state index in [2.05, 4.69) is 15.4 Å². The number of esters is 1. The van der Waals surface area contributed by atoms with Gasteiger partial charge in [-0.1, -0.05) is 0 Å². The minimum absolute atomic E-state index is 0.0415. The summed E-state index contributed by atoms with van der Waals surface area (Å²) < 4.78 is 4.47. The van der Waals surface area contributed by atoms with E-state index < -0.39 is 5.97 Å². The third kappa shape index (κ3) is 3.74. The molecule has 0 fully saturated rings. The lowest BCUT2D eigenvalue weighted by atomic mass is 10.2. The second kappa shape index (κ2) is 6.42. The van der Waals surface area contributed by atoms with Crippen LogP contribution >= 0.6 is 11.8 Å². The zero-order chi connectivity index (χ0) is 14.5. The number of fused-ring (bicyclic) bond motifs is 1. The molecule has 0 aliphatic carbocycles. The average molecular weight is 294 g/mol. The molecule has 0 atom stereocenters. The number of hydrogen-bond donors (Lipinski definition) is 2. The predicted molar refractivity (Wildman–Crippen MR) is 75.7 cm³/mol. The fourth-order valence-electron chi connectivity index (χ4n) is 1.70. The van der Waals surface area contributed by atoms with E-state index in [-0.39, 0.29) is 24.7 Å². The molecule has 0 aromatic heterocycles. The van der Waals surface area contributed by atoms with E-state index in [0.717, 1.165) is 4.90 Å². The Hall–Kier alpha value is -2.02. The van der Waals surface area contributed by atoms with Crippen molar-refractivity contribution in [2.45, 2.75) is 17.7 Å². The number of thioether (sulfide) groups is 1. The zero-order valence-corrected chi connectivity index (χ0v) is 11.7. The molecule has 0 bridgehead atoms. The quantitative estimate of drug-likeness (QED) is 0.824. The Kier molecular flexibility index (Phi) is 4.62. The highest BCUT2D eigenvalue weighted by molar-refractivity contribution is 8.00. The second-order valence-corrected chi connectivity index (χ2v) is 5.19. The van der Waals surface area contributed by atoms with Gasteiger partial charge < -0.3 is 15.4 Å². The molecule has 20 heavy (non-hydrogen) atoms. The molecule has 1 aliphatic rings. The van der Waals surface area contributed by atoms with E-state index in [1.165, 1.54) is 18.9 Å². The van der Waals surface area contributed by atoms with E-state index in [9.17, 15) is 14.4 Å². The first-order chi connectivity index (χ1) is 9.58. The van der Waals surface area contributed by atoms with Crippen molar-refractivity contribution >= 4 is 40.9 Å². The molecule has 0 saturated carbocycles. The number of methoxy groups -OCH3 is 1. The van der Waals surface area contributed by atoms with Crippen molar-refractivity contribution < 1.29 is 19.1 Å². The van der Waals surface area contributed by atoms with Gasteiger partial charge in [0.1, 0.15) is 0 Å². The first kappa shape index (κ1) is 14.4. The van der Waals surface area contributed by atoms with Crippen LogP contribution in [0.1, 0.15) is 12.8 Å². The molecule has 2 rings (SSSR count). The van der Waals surface area contributed by atoms with Crippen LogP contribution in [0.15, 0.2) is 23.1 Å². The van der Waals surface area contributed by atoms with Gasteiger partial charge in [-0.05, 0) is 18.2 Å². The van der Waals surface area contributed by atoms with Crippen LogP contribution in [0.5, 0.6) is 0 Å². The summed E-state index contributed by atoms with van der Waals surface area (Å²) in [6, 6.07) is 5.31. The van der Waals surface area contributed by atoms with Crippen LogP contribution in [0.2, 0.25) is 0 Å². The van der Waals surface area contributed by atoms with Crippen molar-refractivity contribution in [2.24, 2.45) is 0 Å². The van der Waals surface area contributed by atoms with E-state index in [1.807, 2.05) is 6.07 Å². The van der Waals surface area contributed by atoms with Crippen molar-refractivity contribution in [1.82, 2.24) is 0 Å². The molecule has 0 saturated heterocycles. The van der Waals surface area contributed by atoms with E-state index in [0.29, 0.717) is 17.1 Å². The second-order valence-electron chi connectivity index (χ2n) is 4.17. The summed E-state index contributed by atoms with van der Waals surface area (Å²) in [5.41, 5.74) is 1.28. The molecule has 7 heteroatoms. The first-order valence-electron chi connectivity index (χ1n) is 6.02. The Morgan fingerprint density at radius 2 is 2.20 bits per heavy atom. The SMILES string of the molecule is COC(=O)CCC(=O)Nc1ccc2c(c1)NC(=O)CS2. The van der Waals surface area contributed by atoms with Gasteiger partial charge in [-0.2, -0.15) is 0 Å². The Bertz CT molecular complexity index is 559. The van der Waals surface area contributed by atoms with Crippen LogP contribution < -0.4 is 10.6 Å². The highest BCUT2D eigenvalue weighted by Crippen LogP contribution is 2.33. The molecule has 2 N–H and O–H groups in total. The van der Waals surface area contributed by atoms with Gasteiger partial charge >= 0.3 is 5.97 Å². The number of anilines is 2. The fourth-order valence-corrected chi connectivity index (χ4v) is 2.49. The van der Waals surface area contributed by atoms with E-state index in [1.54, 1.807) is 12.1 Å². The molecule has 106 valence electrons. The van der Waals surface area contributed by atoms with Crippen LogP contribution in [0, 0.1) is 0 Å². The smallest absolute Gasteiger partial charge is 0.306 e. The molecule has 2 amide bonds. The molecular formula is C13H14N2O4S. The van der Waals surface area contributed by atoms with Gasteiger partial charge in [-0.3, -0.25) is 14.4 Å². The molecular weight excluding hydrogens is 280 g/mol. The summed E-state index contributed by atoms with van der Waals surface area (Å²) in [5.74, 6) is -0.353. The lowest BCUT2D eigenvalue weighted by Gasteiger charge is -2.17. The van der Waals surface area contributed by atoms with Gasteiger partial charge in [0, 0.05) is 17.0 Å². The number of rotatable bonds is 4. The minimum atomic E-state index is -0.422. The highest BCUT2D eigenvalue weighted by atomic mass is 32.2. The predicted octanol–water partition coefficient (Wildman–Crippen LogP) is 1.62. The summed E-state index contributed by atoms with van der Waals surface area (Å²) in [6.45, 7) is 0. The number of ether oxygens (including phenoxy) is 1. The van der Waals surface area contributed by atoms with Gasteiger partial charge in [0.25, 0.3) is 0 Å². The Morgan fingerprint density at radius 3 is 2.95 bits per heavy atom. The van der Waals surface area contributed by atoms with Crippen LogP contribution in [-0.4, -0.2) is 30.6 Å². The van der Waals surface area contributed by atoms with Crippen LogP contribution in [0.25, 0.3) is 0 Å². The summed E-state index contributed by atoms with van der Waals surface area (Å²) in [5, 5.41) is 5.43. The van der Waals surface area contributed by atoms with Crippen molar-refractivity contribution in [3.05, 3.63) is 18.2 Å². The fraction of sp³-hybridized carbons (Fsp3) is 0.308. The molecule has 0 radical (unpaired) electrons. The standard InChI is InChI=1S/C13H14N2O4S/c1-19-13(18)5-4-11(16)14-8-2-3-10-9(6-8)15-12(17)7-20-10/h2-3,6H,4-5,7H2,1H3,(H,14,16)(H,15,17). The van der Waals surface area contributed by atoms with E-state index in [4.69, 9.17) is 0 Å². The highest BCUT2D eigenvalue weighted by Gasteiger charge is 2.16. The zero-order valence-electron chi connectivity index (χ0n) is 10.9. The Labute approximate surface area is 120 Å². The maximum absolute atomic E-state index is 11.7. The van der Waals surface area contributed by atoms with Crippen LogP contribution in [-0.2, 0) is 19.1 Å². The number of nitrogens with one attached hydrogen (secondary N) is 2. The van der Waals surface area contributed by atoms with Gasteiger partial charge in [0.2, 0.25) is 11.8 Å². The monoisotopic (exact) mass is 294 g/mol. The largest absolute Gasteiger partial charge is 0.469 e. The van der Waals surface area contributed by atoms with Crippen molar-refractivity contribution in [3.8, 4) is 0 Å². The molecule has 0 spiro atoms. The number of carbonyl (C=O) groups excluding carboxylic acids is 3. The Morgan fingerprint density at radius 1 is 1.40 bits per heavy atom. The third-order valence-corrected chi connectivity index (χ3v) is 3.75. The minimum Gasteiger partial charge on any atom is -0.469 e. The molecule has 1 aromatic carbocycles. The number of hydrogen-bond acceptors (Lipinski definition) is 5. The normalized spacial score (nSPS) is 13.2. The average Bonchev–Trinajstić information content (AvgIpc) is 2.44. The third-order valence-electron chi connectivity index (χ3n) is 2.68. The maximum Gasteiger partial charge on any atom is 0.306 e. The molecule has 6 nitrogen and oxygen atoms in total. The van der Waals surface area contributed by atoms with Crippen molar-refractivity contribution in [3.63, 3.8) is 0 Å². The lowest BCUT2D eigenvalue weighted by Crippen LogP contribution is -2.19. The van der Waals surface area contributed by atoms with Crippen LogP contribution in [0.3, 0.4) is 0 Å². The molecule has 1 aliphatic heterocycles. The summed E-state index contributed by atoms with van der Waals surface area (Å²) in [4.78, 5) is 34.9. The van der Waals surface area contributed by atoms with Crippen molar-refractivity contribution in [1.29, 1.82) is 0 Å². The first-order valence-corrected chi connectivity index (χ1v) is 7.00. The summed E-state index contributed by atoms with van der Waals surface area (Å²) in [7, 11) is 1.28. The molecule has 0 unspecified atom stereocenters. The topological polar surface area (TPSA) is 84.5 Å². The summed E-state index contributed by atoms with van der Waals surface area (Å²) >= 11 is 1.46.